The normalized spacial score (nSPS) is 12.6. The Balaban J connectivity index is 3.02. The number of carbonyl (C=O) groups excluding carboxylic acids is 2. The minimum Gasteiger partial charge on any atom is -0.426 e. The molecule has 1 amide bonds. The summed E-state index contributed by atoms with van der Waals surface area (Å²) in [6, 6.07) is 4.20. The van der Waals surface area contributed by atoms with Crippen molar-refractivity contribution in [1.82, 2.24) is 5.32 Å². The van der Waals surface area contributed by atoms with Crippen LogP contribution in [-0.2, 0) is 9.53 Å². The van der Waals surface area contributed by atoms with E-state index in [2.05, 4.69) is 21.2 Å². The largest absolute Gasteiger partial charge is 0.426 e. The lowest BCUT2D eigenvalue weighted by molar-refractivity contribution is -0.131. The number of ether oxygens (including phenoxy) is 2. The van der Waals surface area contributed by atoms with Crippen LogP contribution in [0.15, 0.2) is 18.2 Å². The van der Waals surface area contributed by atoms with Gasteiger partial charge in [-0.1, -0.05) is 62.3 Å². The predicted molar refractivity (Wildman–Crippen MR) is 94.1 cm³/mol. The molecule has 0 aliphatic rings. The Morgan fingerprint density at radius 2 is 2.00 bits per heavy atom. The fourth-order valence-electron chi connectivity index (χ4n) is 1.50. The highest BCUT2D eigenvalue weighted by Gasteiger charge is 2.35. The van der Waals surface area contributed by atoms with Gasteiger partial charge in [-0.15, -0.1) is 0 Å². The average Bonchev–Trinajstić information content (AvgIpc) is 2.43. The summed E-state index contributed by atoms with van der Waals surface area (Å²) in [5, 5.41) is 3.18. The van der Waals surface area contributed by atoms with Crippen LogP contribution in [-0.4, -0.2) is 33.8 Å². The Morgan fingerprint density at radius 1 is 1.35 bits per heavy atom. The maximum Gasteiger partial charge on any atom is 0.308 e. The summed E-state index contributed by atoms with van der Waals surface area (Å²) in [6.45, 7) is 1.41. The van der Waals surface area contributed by atoms with Crippen molar-refractivity contribution in [2.75, 3.05) is 11.9 Å². The molecule has 1 N–H and O–H groups in total. The molecule has 128 valence electrons. The van der Waals surface area contributed by atoms with Crippen LogP contribution in [0.5, 0.6) is 5.75 Å². The average molecular weight is 468 g/mol. The summed E-state index contributed by atoms with van der Waals surface area (Å²) < 4.78 is 8.36. The van der Waals surface area contributed by atoms with Gasteiger partial charge in [-0.05, 0) is 18.2 Å². The molecule has 10 heteroatoms. The highest BCUT2D eigenvalue weighted by Crippen LogP contribution is 2.32. The molecule has 0 bridgehead atoms. The molecule has 23 heavy (non-hydrogen) atoms. The number of benzene rings is 1. The van der Waals surface area contributed by atoms with Gasteiger partial charge < -0.3 is 14.8 Å². The first-order valence-corrected chi connectivity index (χ1v) is 8.81. The lowest BCUT2D eigenvalue weighted by Crippen LogP contribution is -2.46. The quantitative estimate of drug-likeness (QED) is 0.296. The lowest BCUT2D eigenvalue weighted by atomic mass is 10.2. The van der Waals surface area contributed by atoms with E-state index in [9.17, 15) is 9.59 Å². The van der Waals surface area contributed by atoms with Gasteiger partial charge in [0.2, 0.25) is 3.79 Å². The molecule has 0 saturated heterocycles. The van der Waals surface area contributed by atoms with Crippen molar-refractivity contribution in [3.8, 4) is 5.75 Å². The molecule has 0 aliphatic carbocycles. The first-order valence-electron chi connectivity index (χ1n) is 6.18. The second kappa shape index (κ2) is 9.30. The topological polar surface area (TPSA) is 64.6 Å². The molecule has 0 radical (unpaired) electrons. The van der Waals surface area contributed by atoms with Crippen molar-refractivity contribution in [2.45, 2.75) is 16.9 Å². The zero-order valence-corrected chi connectivity index (χ0v) is 16.4. The summed E-state index contributed by atoms with van der Waals surface area (Å²) >= 11 is 26.4. The van der Waals surface area contributed by atoms with Gasteiger partial charge in [-0.25, -0.2) is 0 Å². The number of rotatable bonds is 6. The molecule has 1 unspecified atom stereocenters. The van der Waals surface area contributed by atoms with Gasteiger partial charge >= 0.3 is 5.97 Å². The smallest absolute Gasteiger partial charge is 0.308 e. The molecule has 0 aliphatic heterocycles. The van der Waals surface area contributed by atoms with Crippen molar-refractivity contribution in [3.05, 3.63) is 28.8 Å². The highest BCUT2D eigenvalue weighted by molar-refractivity contribution is 9.09. The molecular formula is C13H12BrCl4NO4. The SMILES string of the molecule is CC(=O)Oc1ccc(Cl)cc1C(=O)NC(OCCBr)C(Cl)(Cl)Cl. The van der Waals surface area contributed by atoms with Crippen LogP contribution in [0.1, 0.15) is 17.3 Å². The van der Waals surface area contributed by atoms with Gasteiger partial charge in [-0.3, -0.25) is 9.59 Å². The van der Waals surface area contributed by atoms with Gasteiger partial charge in [0.25, 0.3) is 5.91 Å². The summed E-state index contributed by atoms with van der Waals surface area (Å²) in [5.41, 5.74) is 0.00870. The van der Waals surface area contributed by atoms with Crippen LogP contribution in [0, 0.1) is 0 Å². The van der Waals surface area contributed by atoms with Crippen LogP contribution >= 0.6 is 62.3 Å². The fourth-order valence-corrected chi connectivity index (χ4v) is 2.21. The second-order valence-electron chi connectivity index (χ2n) is 4.19. The molecule has 5 nitrogen and oxygen atoms in total. The zero-order valence-electron chi connectivity index (χ0n) is 11.7. The lowest BCUT2D eigenvalue weighted by Gasteiger charge is -2.25. The maximum absolute atomic E-state index is 12.4. The third kappa shape index (κ3) is 7.03. The van der Waals surface area contributed by atoms with E-state index in [1.807, 2.05) is 0 Å². The van der Waals surface area contributed by atoms with E-state index in [-0.39, 0.29) is 22.9 Å². The molecule has 0 aromatic heterocycles. The number of carbonyl (C=O) groups is 2. The zero-order chi connectivity index (χ0) is 17.6. The molecule has 0 spiro atoms. The Bertz CT molecular complexity index is 580. The number of amides is 1. The van der Waals surface area contributed by atoms with Gasteiger partial charge in [0.1, 0.15) is 5.75 Å². The molecule has 0 fully saturated rings. The fraction of sp³-hybridized carbons (Fsp3) is 0.385. The van der Waals surface area contributed by atoms with Gasteiger partial charge in [0.15, 0.2) is 6.23 Å². The Kier molecular flexibility index (Phi) is 8.41. The number of nitrogens with one attached hydrogen (secondary N) is 1. The minimum absolute atomic E-state index is 0.00870. The molecule has 0 heterocycles. The monoisotopic (exact) mass is 465 g/mol. The van der Waals surface area contributed by atoms with Crippen LogP contribution in [0.25, 0.3) is 0 Å². The third-order valence-corrected chi connectivity index (χ3v) is 3.51. The molecule has 1 rings (SSSR count). The number of esters is 1. The molecule has 1 aromatic rings. The minimum atomic E-state index is -1.89. The molecular weight excluding hydrogens is 456 g/mol. The standard InChI is InChI=1S/C13H12BrCl4NO4/c1-7(20)23-10-3-2-8(15)6-9(10)11(21)19-12(13(16,17)18)22-5-4-14/h2-3,6,12H,4-5H2,1H3,(H,19,21). The molecule has 0 saturated carbocycles. The van der Waals surface area contributed by atoms with E-state index in [0.717, 1.165) is 0 Å². The van der Waals surface area contributed by atoms with Gasteiger partial charge in [0.05, 0.1) is 12.2 Å². The van der Waals surface area contributed by atoms with Gasteiger partial charge in [-0.2, -0.15) is 0 Å². The van der Waals surface area contributed by atoms with E-state index in [0.29, 0.717) is 5.33 Å². The Hall–Kier alpha value is -0.240. The number of hydrogen-bond donors (Lipinski definition) is 1. The molecule has 1 atom stereocenters. The van der Waals surface area contributed by atoms with Gasteiger partial charge in [0, 0.05) is 17.3 Å². The first-order chi connectivity index (χ1) is 10.6. The predicted octanol–water partition coefficient (Wildman–Crippen LogP) is 4.10. The summed E-state index contributed by atoms with van der Waals surface area (Å²) in [7, 11) is 0. The number of alkyl halides is 4. The third-order valence-electron chi connectivity index (χ3n) is 2.36. The van der Waals surface area contributed by atoms with E-state index >= 15 is 0 Å². The van der Waals surface area contributed by atoms with Crippen molar-refractivity contribution in [2.24, 2.45) is 0 Å². The Morgan fingerprint density at radius 3 is 2.52 bits per heavy atom. The summed E-state index contributed by atoms with van der Waals surface area (Å²) in [6.07, 6.45) is -1.21. The van der Waals surface area contributed by atoms with Crippen LogP contribution in [0.2, 0.25) is 5.02 Å². The Labute approximate surface area is 161 Å². The van der Waals surface area contributed by atoms with Crippen molar-refractivity contribution < 1.29 is 19.1 Å². The van der Waals surface area contributed by atoms with Crippen molar-refractivity contribution in [3.63, 3.8) is 0 Å². The van der Waals surface area contributed by atoms with Crippen LogP contribution in [0.3, 0.4) is 0 Å². The van der Waals surface area contributed by atoms with E-state index in [1.165, 1.54) is 25.1 Å². The van der Waals surface area contributed by atoms with Crippen molar-refractivity contribution >= 4 is 74.2 Å². The van der Waals surface area contributed by atoms with Crippen molar-refractivity contribution in [1.29, 1.82) is 0 Å². The molecule has 1 aromatic carbocycles. The first kappa shape index (κ1) is 20.8. The number of hydrogen-bond acceptors (Lipinski definition) is 4. The van der Waals surface area contributed by atoms with Crippen LogP contribution in [0.4, 0.5) is 0 Å². The summed E-state index contributed by atoms with van der Waals surface area (Å²) in [4.78, 5) is 23.5. The highest BCUT2D eigenvalue weighted by atomic mass is 79.9. The number of halogens is 5. The second-order valence-corrected chi connectivity index (χ2v) is 7.79. The van der Waals surface area contributed by atoms with E-state index in [1.54, 1.807) is 0 Å². The van der Waals surface area contributed by atoms with E-state index < -0.39 is 21.9 Å². The van der Waals surface area contributed by atoms with Crippen LogP contribution < -0.4 is 10.1 Å². The summed E-state index contributed by atoms with van der Waals surface area (Å²) in [5.74, 6) is -1.23. The maximum atomic E-state index is 12.4. The van der Waals surface area contributed by atoms with E-state index in [4.69, 9.17) is 55.9 Å².